The van der Waals surface area contributed by atoms with Gasteiger partial charge in [0.05, 0.1) is 10.6 Å². The SMILES string of the molecule is CCN1C(=O)c2cccc3c(S(=O)(=O)NNC(=O)C4CCCCC4)ccc1c23. The smallest absolute Gasteiger partial charge is 0.258 e. The van der Waals surface area contributed by atoms with Crippen molar-refractivity contribution >= 4 is 38.3 Å². The quantitative estimate of drug-likeness (QED) is 0.753. The molecule has 1 aliphatic heterocycles. The molecule has 0 bridgehead atoms. The van der Waals surface area contributed by atoms with Gasteiger partial charge in [-0.25, -0.2) is 8.42 Å². The average Bonchev–Trinajstić information content (AvgIpc) is 3.00. The molecule has 2 aromatic carbocycles. The highest BCUT2D eigenvalue weighted by Crippen LogP contribution is 2.39. The molecule has 4 rings (SSSR count). The lowest BCUT2D eigenvalue weighted by Gasteiger charge is -2.21. The number of hydrogen-bond donors (Lipinski definition) is 2. The molecule has 0 aromatic heterocycles. The Morgan fingerprint density at radius 3 is 2.61 bits per heavy atom. The fourth-order valence-electron chi connectivity index (χ4n) is 4.21. The molecular weight excluding hydrogens is 378 g/mol. The first-order valence-corrected chi connectivity index (χ1v) is 11.1. The molecule has 2 aliphatic rings. The van der Waals surface area contributed by atoms with Gasteiger partial charge in [-0.3, -0.25) is 15.0 Å². The lowest BCUT2D eigenvalue weighted by molar-refractivity contribution is -0.126. The molecule has 8 heteroatoms. The summed E-state index contributed by atoms with van der Waals surface area (Å²) < 4.78 is 25.8. The van der Waals surface area contributed by atoms with Crippen LogP contribution in [0.1, 0.15) is 49.4 Å². The van der Waals surface area contributed by atoms with Crippen LogP contribution >= 0.6 is 0 Å². The number of sulfonamides is 1. The van der Waals surface area contributed by atoms with Crippen molar-refractivity contribution < 1.29 is 18.0 Å². The number of rotatable bonds is 5. The molecule has 0 radical (unpaired) electrons. The number of hydrogen-bond acceptors (Lipinski definition) is 4. The van der Waals surface area contributed by atoms with Gasteiger partial charge >= 0.3 is 0 Å². The van der Waals surface area contributed by atoms with E-state index >= 15 is 0 Å². The fraction of sp³-hybridized carbons (Fsp3) is 0.400. The minimum absolute atomic E-state index is 0.0443. The van der Waals surface area contributed by atoms with Crippen molar-refractivity contribution in [1.29, 1.82) is 0 Å². The zero-order valence-corrected chi connectivity index (χ0v) is 16.5. The summed E-state index contributed by atoms with van der Waals surface area (Å²) in [6, 6.07) is 8.21. The second-order valence-electron chi connectivity index (χ2n) is 7.29. The third-order valence-corrected chi connectivity index (χ3v) is 6.94. The summed E-state index contributed by atoms with van der Waals surface area (Å²) >= 11 is 0. The lowest BCUT2D eigenvalue weighted by Crippen LogP contribution is -2.44. The first-order valence-electron chi connectivity index (χ1n) is 9.63. The largest absolute Gasteiger partial charge is 0.308 e. The number of hydrazine groups is 1. The van der Waals surface area contributed by atoms with Crippen LogP contribution in [-0.4, -0.2) is 26.8 Å². The van der Waals surface area contributed by atoms with Crippen LogP contribution in [0.4, 0.5) is 5.69 Å². The van der Waals surface area contributed by atoms with Gasteiger partial charge in [0.1, 0.15) is 0 Å². The van der Waals surface area contributed by atoms with E-state index in [4.69, 9.17) is 0 Å². The van der Waals surface area contributed by atoms with Gasteiger partial charge in [-0.2, -0.15) is 0 Å². The van der Waals surface area contributed by atoms with Crippen LogP contribution < -0.4 is 15.2 Å². The van der Waals surface area contributed by atoms with Crippen molar-refractivity contribution in [3.05, 3.63) is 35.9 Å². The van der Waals surface area contributed by atoms with E-state index < -0.39 is 10.0 Å². The Hall–Kier alpha value is -2.45. The predicted octanol–water partition coefficient (Wildman–Crippen LogP) is 2.71. The van der Waals surface area contributed by atoms with E-state index in [9.17, 15) is 18.0 Å². The van der Waals surface area contributed by atoms with Crippen LogP contribution in [-0.2, 0) is 14.8 Å². The second kappa shape index (κ2) is 7.18. The zero-order valence-electron chi connectivity index (χ0n) is 15.7. The molecule has 1 fully saturated rings. The third kappa shape index (κ3) is 3.06. The summed E-state index contributed by atoms with van der Waals surface area (Å²) in [4.78, 5) is 28.8. The lowest BCUT2D eigenvalue weighted by atomic mass is 9.89. The van der Waals surface area contributed by atoms with E-state index in [1.54, 1.807) is 29.2 Å². The predicted molar refractivity (Wildman–Crippen MR) is 106 cm³/mol. The minimum atomic E-state index is -3.98. The Morgan fingerprint density at radius 1 is 1.14 bits per heavy atom. The molecule has 0 atom stereocenters. The van der Waals surface area contributed by atoms with Gasteiger partial charge < -0.3 is 4.90 Å². The van der Waals surface area contributed by atoms with Gasteiger partial charge in [0.25, 0.3) is 15.9 Å². The van der Waals surface area contributed by atoms with Crippen molar-refractivity contribution in [1.82, 2.24) is 10.3 Å². The first-order chi connectivity index (χ1) is 13.4. The summed E-state index contributed by atoms with van der Waals surface area (Å²) in [7, 11) is -3.98. The van der Waals surface area contributed by atoms with Crippen LogP contribution in [0, 0.1) is 5.92 Å². The molecule has 0 spiro atoms. The molecule has 2 N–H and O–H groups in total. The summed E-state index contributed by atoms with van der Waals surface area (Å²) in [5, 5.41) is 1.11. The standard InChI is InChI=1S/C20H23N3O4S/c1-2-23-16-11-12-17(14-9-6-10-15(18(14)16)20(23)25)28(26,27)22-21-19(24)13-7-4-3-5-8-13/h6,9-13,22H,2-5,7-8H2,1H3,(H,21,24). The third-order valence-electron chi connectivity index (χ3n) is 5.64. The average molecular weight is 401 g/mol. The Bertz CT molecular complexity index is 1060. The zero-order chi connectivity index (χ0) is 19.9. The van der Waals surface area contributed by atoms with Crippen molar-refractivity contribution in [3.8, 4) is 0 Å². The fourth-order valence-corrected chi connectivity index (χ4v) is 5.26. The van der Waals surface area contributed by atoms with Crippen molar-refractivity contribution in [2.24, 2.45) is 5.92 Å². The molecule has 1 aliphatic carbocycles. The number of anilines is 1. The van der Waals surface area contributed by atoms with E-state index in [0.717, 1.165) is 32.1 Å². The highest BCUT2D eigenvalue weighted by Gasteiger charge is 2.31. The Balaban J connectivity index is 1.65. The molecule has 1 heterocycles. The molecule has 148 valence electrons. The molecule has 28 heavy (non-hydrogen) atoms. The molecule has 0 saturated heterocycles. The van der Waals surface area contributed by atoms with E-state index in [-0.39, 0.29) is 22.6 Å². The monoisotopic (exact) mass is 401 g/mol. The van der Waals surface area contributed by atoms with Gasteiger partial charge in [0.2, 0.25) is 5.91 Å². The first kappa shape index (κ1) is 18.9. The van der Waals surface area contributed by atoms with Gasteiger partial charge in [-0.05, 0) is 38.0 Å². The number of carbonyl (C=O) groups is 2. The molecular formula is C20H23N3O4S. The van der Waals surface area contributed by atoms with Gasteiger partial charge in [-0.15, -0.1) is 4.83 Å². The van der Waals surface area contributed by atoms with Crippen LogP contribution in [0.2, 0.25) is 0 Å². The van der Waals surface area contributed by atoms with Gasteiger partial charge in [0.15, 0.2) is 0 Å². The maximum Gasteiger partial charge on any atom is 0.258 e. The van der Waals surface area contributed by atoms with Gasteiger partial charge in [-0.1, -0.05) is 31.4 Å². The maximum absolute atomic E-state index is 12.9. The number of nitrogens with one attached hydrogen (secondary N) is 2. The van der Waals surface area contributed by atoms with Gasteiger partial charge in [0, 0.05) is 28.8 Å². The number of amides is 2. The number of nitrogens with zero attached hydrogens (tertiary/aromatic N) is 1. The molecule has 0 unspecified atom stereocenters. The van der Waals surface area contributed by atoms with E-state index in [1.807, 2.05) is 6.92 Å². The topological polar surface area (TPSA) is 95.6 Å². The summed E-state index contributed by atoms with van der Waals surface area (Å²) in [6.07, 6.45) is 4.65. The number of benzene rings is 2. The molecule has 2 aromatic rings. The van der Waals surface area contributed by atoms with Crippen LogP contribution in [0.5, 0.6) is 0 Å². The van der Waals surface area contributed by atoms with E-state index in [0.29, 0.717) is 28.6 Å². The highest BCUT2D eigenvalue weighted by atomic mass is 32.2. The highest BCUT2D eigenvalue weighted by molar-refractivity contribution is 7.89. The summed E-state index contributed by atoms with van der Waals surface area (Å²) in [5.41, 5.74) is 3.58. The molecule has 7 nitrogen and oxygen atoms in total. The van der Waals surface area contributed by atoms with E-state index in [1.165, 1.54) is 6.07 Å². The normalized spacial score (nSPS) is 17.3. The number of carbonyl (C=O) groups excluding carboxylic acids is 2. The Morgan fingerprint density at radius 2 is 1.89 bits per heavy atom. The Labute approximate surface area is 164 Å². The van der Waals surface area contributed by atoms with Crippen molar-refractivity contribution in [2.45, 2.75) is 43.9 Å². The summed E-state index contributed by atoms with van der Waals surface area (Å²) in [5.74, 6) is -0.572. The van der Waals surface area contributed by atoms with Crippen molar-refractivity contribution in [3.63, 3.8) is 0 Å². The maximum atomic E-state index is 12.9. The van der Waals surface area contributed by atoms with Crippen LogP contribution in [0.3, 0.4) is 0 Å². The van der Waals surface area contributed by atoms with E-state index in [2.05, 4.69) is 10.3 Å². The molecule has 2 amide bonds. The minimum Gasteiger partial charge on any atom is -0.308 e. The second-order valence-corrected chi connectivity index (χ2v) is 8.94. The summed E-state index contributed by atoms with van der Waals surface area (Å²) in [6.45, 7) is 2.38. The van der Waals surface area contributed by atoms with Crippen molar-refractivity contribution in [2.75, 3.05) is 11.4 Å². The van der Waals surface area contributed by atoms with Crippen LogP contribution in [0.15, 0.2) is 35.2 Å². The Kier molecular flexibility index (Phi) is 4.84. The molecule has 1 saturated carbocycles. The van der Waals surface area contributed by atoms with Crippen LogP contribution in [0.25, 0.3) is 10.8 Å².